The molecule has 0 aliphatic carbocycles. The lowest BCUT2D eigenvalue weighted by Crippen LogP contribution is -2.24. The van der Waals surface area contributed by atoms with E-state index in [0.29, 0.717) is 6.54 Å². The van der Waals surface area contributed by atoms with Gasteiger partial charge in [-0.1, -0.05) is 6.07 Å². The second-order valence-electron chi connectivity index (χ2n) is 3.98. The minimum absolute atomic E-state index is 0.0246. The van der Waals surface area contributed by atoms with Crippen LogP contribution in [-0.4, -0.2) is 20.1 Å². The molecule has 2 aromatic heterocycles. The average molecular weight is 394 g/mol. The highest BCUT2D eigenvalue weighted by Gasteiger charge is 2.18. The Hall–Kier alpha value is -0.700. The van der Waals surface area contributed by atoms with Crippen LogP contribution in [0.25, 0.3) is 0 Å². The predicted octanol–water partition coefficient (Wildman–Crippen LogP) is 3.05. The van der Waals surface area contributed by atoms with Gasteiger partial charge < -0.3 is 5.32 Å². The quantitative estimate of drug-likeness (QED) is 0.819. The minimum atomic E-state index is -3.38. The van der Waals surface area contributed by atoms with Crippen molar-refractivity contribution in [1.82, 2.24) is 5.32 Å². The van der Waals surface area contributed by atoms with Crippen LogP contribution in [0.1, 0.15) is 11.3 Å². The number of carbonyl (C=O) groups excluding carboxylic acids is 1. The van der Waals surface area contributed by atoms with E-state index in [1.165, 1.54) is 0 Å². The third-order valence-corrected chi connectivity index (χ3v) is 7.29. The fourth-order valence-electron chi connectivity index (χ4n) is 1.48. The van der Waals surface area contributed by atoms with Crippen molar-refractivity contribution in [2.45, 2.75) is 17.2 Å². The molecule has 8 heteroatoms. The number of sulfone groups is 1. The van der Waals surface area contributed by atoms with Crippen LogP contribution in [0.5, 0.6) is 0 Å². The van der Waals surface area contributed by atoms with Crippen molar-refractivity contribution in [3.05, 3.63) is 38.3 Å². The molecule has 2 rings (SSSR count). The standard InChI is InChI=1S/C12H12BrNO3S3/c13-10-3-4-12(19-10)20(16,17)7-5-11(15)14-8-9-2-1-6-18-9/h1-4,6H,5,7-8H2,(H,14,15). The van der Waals surface area contributed by atoms with E-state index in [1.807, 2.05) is 17.5 Å². The van der Waals surface area contributed by atoms with Crippen LogP contribution in [0.4, 0.5) is 0 Å². The van der Waals surface area contributed by atoms with Crippen molar-refractivity contribution in [2.24, 2.45) is 0 Å². The Morgan fingerprint density at radius 1 is 1.30 bits per heavy atom. The molecule has 0 spiro atoms. The first-order valence-corrected chi connectivity index (χ1v) is 9.89. The molecule has 0 aromatic carbocycles. The summed E-state index contributed by atoms with van der Waals surface area (Å²) in [6.07, 6.45) is -0.0246. The summed E-state index contributed by atoms with van der Waals surface area (Å²) in [5, 5.41) is 4.65. The maximum Gasteiger partial charge on any atom is 0.221 e. The van der Waals surface area contributed by atoms with Crippen molar-refractivity contribution < 1.29 is 13.2 Å². The van der Waals surface area contributed by atoms with Gasteiger partial charge in [-0.3, -0.25) is 4.79 Å². The van der Waals surface area contributed by atoms with Gasteiger partial charge in [0.1, 0.15) is 4.21 Å². The summed E-state index contributed by atoms with van der Waals surface area (Å²) in [7, 11) is -3.38. The summed E-state index contributed by atoms with van der Waals surface area (Å²) >= 11 is 5.94. The molecule has 0 fully saturated rings. The van der Waals surface area contributed by atoms with Gasteiger partial charge >= 0.3 is 0 Å². The lowest BCUT2D eigenvalue weighted by atomic mass is 10.4. The molecule has 4 nitrogen and oxygen atoms in total. The highest BCUT2D eigenvalue weighted by Crippen LogP contribution is 2.27. The molecule has 0 saturated carbocycles. The summed E-state index contributed by atoms with van der Waals surface area (Å²) in [5.74, 6) is -0.423. The second kappa shape index (κ2) is 6.84. The maximum absolute atomic E-state index is 12.0. The first-order valence-electron chi connectivity index (χ1n) is 5.74. The molecule has 1 N–H and O–H groups in total. The Labute approximate surface area is 133 Å². The number of hydrogen-bond donors (Lipinski definition) is 1. The van der Waals surface area contributed by atoms with Gasteiger partial charge in [0.05, 0.1) is 16.1 Å². The molecule has 0 aliphatic heterocycles. The van der Waals surface area contributed by atoms with Crippen molar-refractivity contribution in [3.63, 3.8) is 0 Å². The number of rotatable bonds is 6. The summed E-state index contributed by atoms with van der Waals surface area (Å²) in [6, 6.07) is 7.07. The maximum atomic E-state index is 12.0. The zero-order chi connectivity index (χ0) is 14.6. The van der Waals surface area contributed by atoms with Gasteiger partial charge in [-0.05, 0) is 39.5 Å². The molecular weight excluding hydrogens is 382 g/mol. The zero-order valence-corrected chi connectivity index (χ0v) is 14.4. The third kappa shape index (κ3) is 4.41. The number of hydrogen-bond acceptors (Lipinski definition) is 5. The summed E-state index contributed by atoms with van der Waals surface area (Å²) in [6.45, 7) is 0.446. The molecule has 0 bridgehead atoms. The minimum Gasteiger partial charge on any atom is -0.351 e. The number of halogens is 1. The van der Waals surface area contributed by atoms with Gasteiger partial charge in [-0.2, -0.15) is 0 Å². The van der Waals surface area contributed by atoms with Gasteiger partial charge in [0, 0.05) is 11.3 Å². The SMILES string of the molecule is O=C(CCS(=O)(=O)c1ccc(Br)s1)NCc1cccs1. The Bertz CT molecular complexity index is 677. The zero-order valence-electron chi connectivity index (χ0n) is 10.3. The lowest BCUT2D eigenvalue weighted by Gasteiger charge is -2.04. The smallest absolute Gasteiger partial charge is 0.221 e. The van der Waals surface area contributed by atoms with Crippen LogP contribution in [0.3, 0.4) is 0 Å². The molecule has 1 amide bonds. The normalized spacial score (nSPS) is 11.4. The Balaban J connectivity index is 1.83. The van der Waals surface area contributed by atoms with E-state index >= 15 is 0 Å². The van der Waals surface area contributed by atoms with E-state index in [2.05, 4.69) is 21.2 Å². The number of carbonyl (C=O) groups is 1. The van der Waals surface area contributed by atoms with Gasteiger partial charge in [-0.25, -0.2) is 8.42 Å². The van der Waals surface area contributed by atoms with E-state index in [4.69, 9.17) is 0 Å². The fraction of sp³-hybridized carbons (Fsp3) is 0.250. The first kappa shape index (κ1) is 15.7. The summed E-state index contributed by atoms with van der Waals surface area (Å²) in [5.41, 5.74) is 0. The average Bonchev–Trinajstić information content (AvgIpc) is 3.05. The van der Waals surface area contributed by atoms with E-state index in [0.717, 1.165) is 20.0 Å². The monoisotopic (exact) mass is 393 g/mol. The van der Waals surface area contributed by atoms with Crippen molar-refractivity contribution >= 4 is 54.3 Å². The van der Waals surface area contributed by atoms with Crippen molar-refractivity contribution in [3.8, 4) is 0 Å². The van der Waals surface area contributed by atoms with E-state index in [1.54, 1.807) is 23.5 Å². The number of amides is 1. The van der Waals surface area contributed by atoms with Crippen LogP contribution in [0, 0.1) is 0 Å². The molecule has 0 unspecified atom stereocenters. The number of nitrogens with one attached hydrogen (secondary N) is 1. The highest BCUT2D eigenvalue weighted by molar-refractivity contribution is 9.11. The van der Waals surface area contributed by atoms with Crippen LogP contribution < -0.4 is 5.32 Å². The molecule has 0 atom stereocenters. The first-order chi connectivity index (χ1) is 9.47. The highest BCUT2D eigenvalue weighted by atomic mass is 79.9. The van der Waals surface area contributed by atoms with E-state index < -0.39 is 9.84 Å². The van der Waals surface area contributed by atoms with Crippen LogP contribution in [0.2, 0.25) is 0 Å². The third-order valence-electron chi connectivity index (χ3n) is 2.49. The molecule has 0 radical (unpaired) electrons. The molecular formula is C12H12BrNO3S3. The molecule has 108 valence electrons. The molecule has 2 heterocycles. The Kier molecular flexibility index (Phi) is 5.36. The molecule has 0 aliphatic rings. The predicted molar refractivity (Wildman–Crippen MR) is 84.9 cm³/mol. The van der Waals surface area contributed by atoms with Crippen molar-refractivity contribution in [2.75, 3.05) is 5.75 Å². The van der Waals surface area contributed by atoms with Gasteiger partial charge in [0.15, 0.2) is 9.84 Å². The summed E-state index contributed by atoms with van der Waals surface area (Å²) < 4.78 is 25.0. The Morgan fingerprint density at radius 3 is 2.70 bits per heavy atom. The lowest BCUT2D eigenvalue weighted by molar-refractivity contribution is -0.120. The van der Waals surface area contributed by atoms with Crippen LogP contribution >= 0.6 is 38.6 Å². The van der Waals surface area contributed by atoms with Crippen LogP contribution in [-0.2, 0) is 21.2 Å². The molecule has 2 aromatic rings. The molecule has 0 saturated heterocycles. The van der Waals surface area contributed by atoms with Gasteiger partial charge in [0.25, 0.3) is 0 Å². The second-order valence-corrected chi connectivity index (χ2v) is 9.81. The number of thiophene rings is 2. The Morgan fingerprint density at radius 2 is 2.10 bits per heavy atom. The topological polar surface area (TPSA) is 63.2 Å². The van der Waals surface area contributed by atoms with Gasteiger partial charge in [-0.15, -0.1) is 22.7 Å². The van der Waals surface area contributed by atoms with Crippen LogP contribution in [0.15, 0.2) is 37.6 Å². The summed E-state index contributed by atoms with van der Waals surface area (Å²) in [4.78, 5) is 12.7. The van der Waals surface area contributed by atoms with E-state index in [-0.39, 0.29) is 22.3 Å². The largest absolute Gasteiger partial charge is 0.351 e. The van der Waals surface area contributed by atoms with E-state index in [9.17, 15) is 13.2 Å². The molecule has 20 heavy (non-hydrogen) atoms. The van der Waals surface area contributed by atoms with Crippen molar-refractivity contribution in [1.29, 1.82) is 0 Å². The fourth-order valence-corrected chi connectivity index (χ4v) is 5.52. The van der Waals surface area contributed by atoms with Gasteiger partial charge in [0.2, 0.25) is 5.91 Å².